The number of aromatic nitrogens is 2. The summed E-state index contributed by atoms with van der Waals surface area (Å²) in [7, 11) is 0. The van der Waals surface area contributed by atoms with Gasteiger partial charge in [0.1, 0.15) is 11.6 Å². The third-order valence-corrected chi connectivity index (χ3v) is 5.49. The number of piperidine rings is 1. The van der Waals surface area contributed by atoms with Crippen molar-refractivity contribution in [2.24, 2.45) is 0 Å². The van der Waals surface area contributed by atoms with Crippen LogP contribution in [0.4, 0.5) is 33.7 Å². The van der Waals surface area contributed by atoms with Crippen LogP contribution in [0.5, 0.6) is 0 Å². The molecule has 1 aromatic carbocycles. The fraction of sp³-hybridized carbons (Fsp3) is 0.429. The summed E-state index contributed by atoms with van der Waals surface area (Å²) < 4.78 is 69.3. The van der Waals surface area contributed by atoms with E-state index < -0.39 is 23.4 Å². The Morgan fingerprint density at radius 3 is 2.43 bits per heavy atom. The number of allylic oxidation sites excluding steroid dienone is 1. The van der Waals surface area contributed by atoms with Gasteiger partial charge in [-0.25, -0.2) is 8.78 Å². The molecular formula is C21H21ClF5N5O3. The summed E-state index contributed by atoms with van der Waals surface area (Å²) in [4.78, 5) is 22.3. The second-order valence-corrected chi connectivity index (χ2v) is 8.27. The smallest absolute Gasteiger partial charge is 0.408 e. The van der Waals surface area contributed by atoms with Crippen LogP contribution in [0.1, 0.15) is 31.6 Å². The van der Waals surface area contributed by atoms with Crippen molar-refractivity contribution in [2.45, 2.75) is 44.3 Å². The molecule has 1 aromatic heterocycles. The molecule has 3 heterocycles. The highest BCUT2D eigenvalue weighted by Gasteiger charge is 2.32. The zero-order chi connectivity index (χ0) is 25.8. The van der Waals surface area contributed by atoms with Gasteiger partial charge in [0.2, 0.25) is 17.7 Å². The highest BCUT2D eigenvalue weighted by atomic mass is 35.5. The summed E-state index contributed by atoms with van der Waals surface area (Å²) >= 11 is 5.84. The molecule has 35 heavy (non-hydrogen) atoms. The van der Waals surface area contributed by atoms with Gasteiger partial charge in [-0.15, -0.1) is 5.10 Å². The minimum atomic E-state index is -4.45. The number of halogens is 6. The SMILES string of the molecule is C=C(CCc1nnc(NC2CN(c3cc(F)cc(F)c3Cl)C2)o1)C(F)(F)F.O=C1CCCC(=O)N1. The third-order valence-electron chi connectivity index (χ3n) is 5.12. The molecule has 0 aliphatic carbocycles. The number of aryl methyl sites for hydroxylation is 1. The predicted molar refractivity (Wildman–Crippen MR) is 116 cm³/mol. The Morgan fingerprint density at radius 1 is 1.20 bits per heavy atom. The van der Waals surface area contributed by atoms with Crippen LogP contribution < -0.4 is 15.5 Å². The number of imide groups is 1. The highest BCUT2D eigenvalue weighted by Crippen LogP contribution is 2.33. The molecule has 4 rings (SSSR count). The molecule has 8 nitrogen and oxygen atoms in total. The molecule has 14 heteroatoms. The number of nitrogens with one attached hydrogen (secondary N) is 2. The van der Waals surface area contributed by atoms with E-state index in [0.717, 1.165) is 6.07 Å². The van der Waals surface area contributed by atoms with E-state index in [1.165, 1.54) is 0 Å². The average Bonchev–Trinajstić information content (AvgIpc) is 3.18. The number of benzene rings is 1. The molecule has 2 saturated heterocycles. The standard InChI is InChI=1S/C16H14ClF5N4O.C5H7NO2/c1-8(16(20,21)22)2-3-13-24-25-15(27-13)23-10-6-26(7-10)12-5-9(18)4-11(19)14(12)17;7-4-2-1-3-5(8)6-4/h4-5,10H,1-3,6-7H2,(H,23,25);1-3H2,(H,6,7,8). The summed E-state index contributed by atoms with van der Waals surface area (Å²) in [5.41, 5.74) is -0.631. The molecule has 0 saturated carbocycles. The predicted octanol–water partition coefficient (Wildman–Crippen LogP) is 4.17. The van der Waals surface area contributed by atoms with E-state index >= 15 is 0 Å². The topological polar surface area (TPSA) is 100 Å². The Kier molecular flexibility index (Phi) is 8.30. The van der Waals surface area contributed by atoms with Crippen LogP contribution in [-0.4, -0.2) is 47.3 Å². The fourth-order valence-corrected chi connectivity index (χ4v) is 3.44. The van der Waals surface area contributed by atoms with Crippen LogP contribution >= 0.6 is 11.6 Å². The van der Waals surface area contributed by atoms with Crippen molar-refractivity contribution in [3.8, 4) is 0 Å². The number of hydrogen-bond donors (Lipinski definition) is 2. The summed E-state index contributed by atoms with van der Waals surface area (Å²) in [6, 6.07) is 1.75. The number of anilines is 2. The quantitative estimate of drug-likeness (QED) is 0.255. The molecule has 2 fully saturated rings. The first-order valence-corrected chi connectivity index (χ1v) is 10.9. The molecule has 2 amide bonds. The minimum Gasteiger partial charge on any atom is -0.408 e. The summed E-state index contributed by atoms with van der Waals surface area (Å²) in [5.74, 6) is -1.80. The maximum absolute atomic E-state index is 13.5. The van der Waals surface area contributed by atoms with Gasteiger partial charge < -0.3 is 14.6 Å². The zero-order valence-corrected chi connectivity index (χ0v) is 19.0. The second kappa shape index (κ2) is 11.0. The zero-order valence-electron chi connectivity index (χ0n) is 18.2. The van der Waals surface area contributed by atoms with Crippen molar-refractivity contribution < 1.29 is 36.0 Å². The number of hydrogen-bond acceptors (Lipinski definition) is 7. The lowest BCUT2D eigenvalue weighted by Crippen LogP contribution is -2.55. The van der Waals surface area contributed by atoms with Crippen molar-refractivity contribution in [1.82, 2.24) is 15.5 Å². The Labute approximate surface area is 201 Å². The second-order valence-electron chi connectivity index (χ2n) is 7.89. The number of rotatable bonds is 6. The number of alkyl halides is 3. The molecule has 2 aromatic rings. The monoisotopic (exact) mass is 521 g/mol. The summed E-state index contributed by atoms with van der Waals surface area (Å²) in [6.07, 6.45) is -3.15. The Hall–Kier alpha value is -3.22. The maximum Gasteiger partial charge on any atom is 0.412 e. The number of carbonyl (C=O) groups excluding carboxylic acids is 2. The minimum absolute atomic E-state index is 0.0503. The van der Waals surface area contributed by atoms with Gasteiger partial charge in [0.25, 0.3) is 0 Å². The van der Waals surface area contributed by atoms with Gasteiger partial charge in [-0.05, 0) is 18.9 Å². The molecule has 0 spiro atoms. The Balaban J connectivity index is 0.000000363. The van der Waals surface area contributed by atoms with Gasteiger partial charge in [0, 0.05) is 44.0 Å². The van der Waals surface area contributed by atoms with Gasteiger partial charge >= 0.3 is 12.2 Å². The van der Waals surface area contributed by atoms with E-state index in [0.29, 0.717) is 38.4 Å². The number of nitrogens with zero attached hydrogens (tertiary/aromatic N) is 3. The van der Waals surface area contributed by atoms with Crippen LogP contribution in [0, 0.1) is 11.6 Å². The van der Waals surface area contributed by atoms with Gasteiger partial charge in [-0.3, -0.25) is 14.9 Å². The van der Waals surface area contributed by atoms with Crippen LogP contribution in [0.25, 0.3) is 0 Å². The Bertz CT molecular complexity index is 1090. The Morgan fingerprint density at radius 2 is 1.86 bits per heavy atom. The van der Waals surface area contributed by atoms with Gasteiger partial charge in [0.15, 0.2) is 0 Å². The van der Waals surface area contributed by atoms with E-state index in [9.17, 15) is 31.5 Å². The van der Waals surface area contributed by atoms with Gasteiger partial charge in [0.05, 0.1) is 16.8 Å². The molecule has 0 unspecified atom stereocenters. The largest absolute Gasteiger partial charge is 0.412 e. The molecule has 0 bridgehead atoms. The summed E-state index contributed by atoms with van der Waals surface area (Å²) in [6.45, 7) is 3.74. The maximum atomic E-state index is 13.5. The molecule has 0 atom stereocenters. The van der Waals surface area contributed by atoms with E-state index in [-0.39, 0.29) is 53.3 Å². The van der Waals surface area contributed by atoms with Crippen molar-refractivity contribution >= 4 is 35.1 Å². The van der Waals surface area contributed by atoms with Crippen LogP contribution in [0.15, 0.2) is 28.7 Å². The first-order valence-electron chi connectivity index (χ1n) is 10.5. The molecule has 2 aliphatic heterocycles. The van der Waals surface area contributed by atoms with Crippen molar-refractivity contribution in [2.75, 3.05) is 23.3 Å². The van der Waals surface area contributed by atoms with Crippen LogP contribution in [0.3, 0.4) is 0 Å². The number of amides is 2. The highest BCUT2D eigenvalue weighted by molar-refractivity contribution is 6.33. The molecular weight excluding hydrogens is 501 g/mol. The first kappa shape index (κ1) is 26.4. The van der Waals surface area contributed by atoms with Crippen LogP contribution in [-0.2, 0) is 16.0 Å². The lowest BCUT2D eigenvalue weighted by atomic mass is 10.1. The normalized spacial score (nSPS) is 16.2. The lowest BCUT2D eigenvalue weighted by molar-refractivity contribution is -0.133. The molecule has 0 radical (unpaired) electrons. The van der Waals surface area contributed by atoms with Crippen molar-refractivity contribution in [3.63, 3.8) is 0 Å². The van der Waals surface area contributed by atoms with Gasteiger partial charge in [-0.1, -0.05) is 23.3 Å². The van der Waals surface area contributed by atoms with Gasteiger partial charge in [-0.2, -0.15) is 13.2 Å². The molecule has 190 valence electrons. The first-order chi connectivity index (χ1) is 16.4. The average molecular weight is 522 g/mol. The third kappa shape index (κ3) is 7.38. The fourth-order valence-electron chi connectivity index (χ4n) is 3.22. The van der Waals surface area contributed by atoms with E-state index in [2.05, 4.69) is 27.4 Å². The van der Waals surface area contributed by atoms with Crippen molar-refractivity contribution in [1.29, 1.82) is 0 Å². The van der Waals surface area contributed by atoms with E-state index in [4.69, 9.17) is 16.0 Å². The number of carbonyl (C=O) groups is 2. The van der Waals surface area contributed by atoms with Crippen LogP contribution in [0.2, 0.25) is 5.02 Å². The summed E-state index contributed by atoms with van der Waals surface area (Å²) in [5, 5.41) is 12.3. The van der Waals surface area contributed by atoms with E-state index in [1.54, 1.807) is 4.90 Å². The van der Waals surface area contributed by atoms with Crippen molar-refractivity contribution in [3.05, 3.63) is 46.8 Å². The molecule has 2 N–H and O–H groups in total. The lowest BCUT2D eigenvalue weighted by Gasteiger charge is -2.41. The molecule has 2 aliphatic rings. The van der Waals surface area contributed by atoms with E-state index in [1.807, 2.05) is 0 Å².